The lowest BCUT2D eigenvalue weighted by Gasteiger charge is -2.36. The zero-order chi connectivity index (χ0) is 19.2. The number of nitrogens with one attached hydrogen (secondary N) is 1. The lowest BCUT2D eigenvalue weighted by atomic mass is 10.1. The number of piperazine rings is 1. The summed E-state index contributed by atoms with van der Waals surface area (Å²) in [7, 11) is 0. The molecule has 1 aromatic carbocycles. The summed E-state index contributed by atoms with van der Waals surface area (Å²) < 4.78 is 0. The Bertz CT molecular complexity index is 798. The van der Waals surface area contributed by atoms with Crippen LogP contribution in [0.4, 0.5) is 5.69 Å². The fraction of sp³-hybridized carbons (Fsp3) is 0.400. The number of hydrogen-bond acceptors (Lipinski definition) is 5. The molecule has 0 unspecified atom stereocenters. The third-order valence-electron chi connectivity index (χ3n) is 4.73. The molecule has 7 heteroatoms. The van der Waals surface area contributed by atoms with E-state index in [4.69, 9.17) is 0 Å². The zero-order valence-corrected chi connectivity index (χ0v) is 15.8. The van der Waals surface area contributed by atoms with Crippen molar-refractivity contribution in [2.45, 2.75) is 20.3 Å². The van der Waals surface area contributed by atoms with Crippen LogP contribution in [0.1, 0.15) is 28.2 Å². The molecule has 2 amide bonds. The summed E-state index contributed by atoms with van der Waals surface area (Å²) in [6.07, 6.45) is 3.28. The first-order valence-electron chi connectivity index (χ1n) is 9.20. The van der Waals surface area contributed by atoms with E-state index in [1.165, 1.54) is 17.4 Å². The van der Waals surface area contributed by atoms with Crippen molar-refractivity contribution in [3.63, 3.8) is 0 Å². The van der Waals surface area contributed by atoms with Crippen molar-refractivity contribution in [1.29, 1.82) is 0 Å². The zero-order valence-electron chi connectivity index (χ0n) is 15.8. The molecule has 1 N–H and O–H groups in total. The molecule has 1 aliphatic heterocycles. The third kappa shape index (κ3) is 4.81. The van der Waals surface area contributed by atoms with Crippen molar-refractivity contribution >= 4 is 17.5 Å². The second kappa shape index (κ2) is 8.62. The predicted molar refractivity (Wildman–Crippen MR) is 104 cm³/mol. The number of carbonyl (C=O) groups is 2. The van der Waals surface area contributed by atoms with Gasteiger partial charge in [0.05, 0.1) is 11.9 Å². The number of carbonyl (C=O) groups excluding carboxylic acids is 2. The molecule has 2 aromatic rings. The van der Waals surface area contributed by atoms with E-state index in [1.54, 1.807) is 6.20 Å². The fourth-order valence-electron chi connectivity index (χ4n) is 3.16. The highest BCUT2D eigenvalue weighted by Gasteiger charge is 2.21. The molecule has 0 saturated carbocycles. The smallest absolute Gasteiger partial charge is 0.271 e. The number of aromatic nitrogens is 2. The second-order valence-electron chi connectivity index (χ2n) is 6.70. The van der Waals surface area contributed by atoms with E-state index in [0.717, 1.165) is 18.8 Å². The molecule has 27 heavy (non-hydrogen) atoms. The van der Waals surface area contributed by atoms with E-state index in [-0.39, 0.29) is 23.9 Å². The molecule has 1 aromatic heterocycles. The van der Waals surface area contributed by atoms with Gasteiger partial charge < -0.3 is 15.1 Å². The van der Waals surface area contributed by atoms with Crippen LogP contribution in [0, 0.1) is 13.8 Å². The molecule has 1 saturated heterocycles. The van der Waals surface area contributed by atoms with Crippen LogP contribution in [0.3, 0.4) is 0 Å². The van der Waals surface area contributed by atoms with Crippen LogP contribution >= 0.6 is 0 Å². The Kier molecular flexibility index (Phi) is 6.01. The van der Waals surface area contributed by atoms with Gasteiger partial charge in [0, 0.05) is 51.0 Å². The third-order valence-corrected chi connectivity index (χ3v) is 4.73. The lowest BCUT2D eigenvalue weighted by Crippen LogP contribution is -2.49. The minimum Gasteiger partial charge on any atom is -0.368 e. The average Bonchev–Trinajstić information content (AvgIpc) is 2.69. The summed E-state index contributed by atoms with van der Waals surface area (Å²) in [5.41, 5.74) is 3.50. The van der Waals surface area contributed by atoms with E-state index in [1.807, 2.05) is 24.0 Å². The monoisotopic (exact) mass is 367 g/mol. The van der Waals surface area contributed by atoms with Gasteiger partial charge in [0.15, 0.2) is 0 Å². The van der Waals surface area contributed by atoms with Crippen molar-refractivity contribution in [2.24, 2.45) is 0 Å². The molecule has 3 rings (SSSR count). The molecule has 2 heterocycles. The topological polar surface area (TPSA) is 78.4 Å². The molecule has 0 spiro atoms. The van der Waals surface area contributed by atoms with Gasteiger partial charge in [0.1, 0.15) is 5.69 Å². The Morgan fingerprint density at radius 3 is 2.44 bits per heavy atom. The Balaban J connectivity index is 1.42. The van der Waals surface area contributed by atoms with Gasteiger partial charge in [-0.2, -0.15) is 0 Å². The highest BCUT2D eigenvalue weighted by atomic mass is 16.2. The van der Waals surface area contributed by atoms with Gasteiger partial charge in [-0.15, -0.1) is 0 Å². The predicted octanol–water partition coefficient (Wildman–Crippen LogP) is 1.56. The number of hydrogen-bond donors (Lipinski definition) is 1. The van der Waals surface area contributed by atoms with Crippen LogP contribution in [-0.4, -0.2) is 59.4 Å². The first kappa shape index (κ1) is 18.8. The van der Waals surface area contributed by atoms with Crippen molar-refractivity contribution in [1.82, 2.24) is 20.2 Å². The number of rotatable bonds is 5. The molecule has 0 radical (unpaired) electrons. The van der Waals surface area contributed by atoms with E-state index < -0.39 is 0 Å². The molecular formula is C20H25N5O2. The molecule has 1 aliphatic rings. The quantitative estimate of drug-likeness (QED) is 0.868. The minimum absolute atomic E-state index is 0.0646. The summed E-state index contributed by atoms with van der Waals surface area (Å²) in [6.45, 7) is 7.25. The molecule has 0 atom stereocenters. The summed E-state index contributed by atoms with van der Waals surface area (Å²) in [6, 6.07) is 8.31. The summed E-state index contributed by atoms with van der Waals surface area (Å²) in [4.78, 5) is 36.7. The van der Waals surface area contributed by atoms with Gasteiger partial charge >= 0.3 is 0 Å². The molecular weight excluding hydrogens is 342 g/mol. The van der Waals surface area contributed by atoms with E-state index in [2.05, 4.69) is 39.2 Å². The van der Waals surface area contributed by atoms with Crippen molar-refractivity contribution in [3.8, 4) is 0 Å². The number of aryl methyl sites for hydroxylation is 2. The Hall–Kier alpha value is -2.96. The van der Waals surface area contributed by atoms with Crippen LogP contribution in [0.25, 0.3) is 0 Å². The average molecular weight is 367 g/mol. The Morgan fingerprint density at radius 1 is 1.04 bits per heavy atom. The molecule has 0 aliphatic carbocycles. The van der Waals surface area contributed by atoms with Crippen molar-refractivity contribution in [3.05, 3.63) is 53.6 Å². The van der Waals surface area contributed by atoms with Crippen molar-refractivity contribution < 1.29 is 9.59 Å². The maximum absolute atomic E-state index is 12.4. The molecule has 142 valence electrons. The van der Waals surface area contributed by atoms with Crippen molar-refractivity contribution in [2.75, 3.05) is 37.6 Å². The van der Waals surface area contributed by atoms with Crippen LogP contribution < -0.4 is 10.2 Å². The number of anilines is 1. The van der Waals surface area contributed by atoms with Gasteiger partial charge in [0.2, 0.25) is 5.91 Å². The normalized spacial score (nSPS) is 14.1. The van der Waals surface area contributed by atoms with Gasteiger partial charge in [-0.1, -0.05) is 18.2 Å². The lowest BCUT2D eigenvalue weighted by molar-refractivity contribution is -0.131. The standard InChI is InChI=1S/C20H25N5O2/c1-15-5-3-4-6-18(15)24-9-11-25(12-10-24)19(26)7-8-21-20(27)17-14-22-16(2)13-23-17/h3-6,13-14H,7-12H2,1-2H3,(H,21,27). The fourth-order valence-corrected chi connectivity index (χ4v) is 3.16. The first-order chi connectivity index (χ1) is 13.0. The SMILES string of the molecule is Cc1cnc(C(=O)NCCC(=O)N2CCN(c3ccccc3C)CC2)cn1. The summed E-state index contributed by atoms with van der Waals surface area (Å²) in [5, 5.41) is 2.73. The number of amides is 2. The number of nitrogens with zero attached hydrogens (tertiary/aromatic N) is 4. The van der Waals surface area contributed by atoms with Gasteiger partial charge in [-0.3, -0.25) is 14.6 Å². The highest BCUT2D eigenvalue weighted by Crippen LogP contribution is 2.20. The van der Waals surface area contributed by atoms with E-state index in [9.17, 15) is 9.59 Å². The molecule has 0 bridgehead atoms. The van der Waals surface area contributed by atoms with Crippen LogP contribution in [-0.2, 0) is 4.79 Å². The maximum Gasteiger partial charge on any atom is 0.271 e. The van der Waals surface area contributed by atoms with E-state index >= 15 is 0 Å². The van der Waals surface area contributed by atoms with Gasteiger partial charge in [-0.05, 0) is 25.5 Å². The second-order valence-corrected chi connectivity index (χ2v) is 6.70. The molecule has 1 fully saturated rings. The minimum atomic E-state index is -0.306. The summed E-state index contributed by atoms with van der Waals surface area (Å²) >= 11 is 0. The Labute approximate surface area is 159 Å². The summed E-state index contributed by atoms with van der Waals surface area (Å²) in [5.74, 6) is -0.241. The highest BCUT2D eigenvalue weighted by molar-refractivity contribution is 5.92. The first-order valence-corrected chi connectivity index (χ1v) is 9.20. The number of benzene rings is 1. The van der Waals surface area contributed by atoms with Gasteiger partial charge in [-0.25, -0.2) is 4.98 Å². The van der Waals surface area contributed by atoms with E-state index in [0.29, 0.717) is 19.6 Å². The number of para-hydroxylation sites is 1. The largest absolute Gasteiger partial charge is 0.368 e. The van der Waals surface area contributed by atoms with Gasteiger partial charge in [0.25, 0.3) is 5.91 Å². The molecule has 7 nitrogen and oxygen atoms in total. The van der Waals surface area contributed by atoms with Crippen LogP contribution in [0.5, 0.6) is 0 Å². The maximum atomic E-state index is 12.4. The van der Waals surface area contributed by atoms with Crippen LogP contribution in [0.15, 0.2) is 36.7 Å². The van der Waals surface area contributed by atoms with Crippen LogP contribution in [0.2, 0.25) is 0 Å². The Morgan fingerprint density at radius 2 is 1.78 bits per heavy atom.